The van der Waals surface area contributed by atoms with Crippen molar-refractivity contribution in [2.75, 3.05) is 42.7 Å². The van der Waals surface area contributed by atoms with E-state index in [4.69, 9.17) is 5.73 Å². The molecule has 32 heavy (non-hydrogen) atoms. The molecule has 9 nitrogen and oxygen atoms in total. The lowest BCUT2D eigenvalue weighted by atomic mass is 9.90. The Balaban J connectivity index is 1.47. The Kier molecular flexibility index (Phi) is 6.61. The van der Waals surface area contributed by atoms with Gasteiger partial charge in [0.1, 0.15) is 5.82 Å². The van der Waals surface area contributed by atoms with Gasteiger partial charge in [0.15, 0.2) is 11.5 Å². The highest BCUT2D eigenvalue weighted by Crippen LogP contribution is 2.30. The summed E-state index contributed by atoms with van der Waals surface area (Å²) in [4.78, 5) is 23.0. The molecule has 172 valence electrons. The van der Waals surface area contributed by atoms with E-state index in [1.165, 1.54) is 18.2 Å². The van der Waals surface area contributed by atoms with Crippen LogP contribution in [0.25, 0.3) is 0 Å². The van der Waals surface area contributed by atoms with Crippen molar-refractivity contribution in [3.05, 3.63) is 41.7 Å². The van der Waals surface area contributed by atoms with Gasteiger partial charge in [-0.15, -0.1) is 0 Å². The minimum Gasteiger partial charge on any atom is -0.364 e. The van der Waals surface area contributed by atoms with Gasteiger partial charge < -0.3 is 16.0 Å². The molecule has 0 spiro atoms. The number of aromatic nitrogens is 2. The maximum atomic E-state index is 11.9. The Morgan fingerprint density at radius 1 is 1.06 bits per heavy atom. The van der Waals surface area contributed by atoms with E-state index in [9.17, 15) is 13.2 Å². The Bertz CT molecular complexity index is 1060. The molecule has 1 amide bonds. The summed E-state index contributed by atoms with van der Waals surface area (Å²) in [6.07, 6.45) is 7.93. The second-order valence-corrected chi connectivity index (χ2v) is 10.5. The summed E-state index contributed by atoms with van der Waals surface area (Å²) < 4.78 is 25.0. The zero-order chi connectivity index (χ0) is 22.7. The van der Waals surface area contributed by atoms with E-state index >= 15 is 0 Å². The molecule has 0 unspecified atom stereocenters. The Morgan fingerprint density at radius 2 is 1.72 bits per heavy atom. The Morgan fingerprint density at radius 3 is 2.31 bits per heavy atom. The van der Waals surface area contributed by atoms with Crippen molar-refractivity contribution in [1.29, 1.82) is 0 Å². The van der Waals surface area contributed by atoms with Gasteiger partial charge in [-0.3, -0.25) is 4.79 Å². The van der Waals surface area contributed by atoms with E-state index in [0.29, 0.717) is 24.8 Å². The minimum atomic E-state index is -3.13. The van der Waals surface area contributed by atoms with Crippen molar-refractivity contribution in [3.8, 4) is 0 Å². The Hall–Kier alpha value is -2.72. The van der Waals surface area contributed by atoms with Crippen LogP contribution in [0.4, 0.5) is 17.3 Å². The van der Waals surface area contributed by atoms with E-state index in [0.717, 1.165) is 50.3 Å². The van der Waals surface area contributed by atoms with E-state index in [-0.39, 0.29) is 5.69 Å². The zero-order valence-corrected chi connectivity index (χ0v) is 19.1. The number of anilines is 3. The van der Waals surface area contributed by atoms with Crippen LogP contribution in [-0.2, 0) is 10.0 Å². The average molecular weight is 459 g/mol. The summed E-state index contributed by atoms with van der Waals surface area (Å²) in [5.74, 6) is 0.797. The van der Waals surface area contributed by atoms with Crippen LogP contribution in [0.1, 0.15) is 54.1 Å². The first-order chi connectivity index (χ1) is 15.3. The molecular weight excluding hydrogens is 428 g/mol. The third kappa shape index (κ3) is 5.18. The molecule has 1 aromatic carbocycles. The maximum absolute atomic E-state index is 11.9. The fourth-order valence-corrected chi connectivity index (χ4v) is 5.29. The maximum Gasteiger partial charge on any atom is 0.271 e. The molecule has 2 saturated heterocycles. The number of carbonyl (C=O) groups excluding carboxylic acids is 1. The average Bonchev–Trinajstić information content (AvgIpc) is 2.79. The molecular formula is C22H30N6O3S. The number of rotatable bonds is 6. The molecule has 2 aliphatic heterocycles. The van der Waals surface area contributed by atoms with Crippen molar-refractivity contribution in [3.63, 3.8) is 0 Å². The van der Waals surface area contributed by atoms with Crippen LogP contribution in [0.3, 0.4) is 0 Å². The van der Waals surface area contributed by atoms with Gasteiger partial charge in [0.2, 0.25) is 10.0 Å². The van der Waals surface area contributed by atoms with Crippen molar-refractivity contribution >= 4 is 33.3 Å². The number of piperidine rings is 2. The van der Waals surface area contributed by atoms with Crippen molar-refractivity contribution < 1.29 is 13.2 Å². The van der Waals surface area contributed by atoms with E-state index in [2.05, 4.69) is 20.2 Å². The zero-order valence-electron chi connectivity index (χ0n) is 18.3. The van der Waals surface area contributed by atoms with Gasteiger partial charge in [0, 0.05) is 31.9 Å². The first-order valence-corrected chi connectivity index (χ1v) is 12.9. The van der Waals surface area contributed by atoms with Crippen LogP contribution < -0.4 is 16.0 Å². The van der Waals surface area contributed by atoms with Gasteiger partial charge in [-0.05, 0) is 55.7 Å². The number of primary amides is 1. The fraction of sp³-hybridized carbons (Fsp3) is 0.500. The van der Waals surface area contributed by atoms with Gasteiger partial charge in [0.05, 0.1) is 12.5 Å². The highest BCUT2D eigenvalue weighted by Gasteiger charge is 2.25. The third-order valence-electron chi connectivity index (χ3n) is 6.24. The number of carbonyl (C=O) groups is 1. The van der Waals surface area contributed by atoms with Crippen LogP contribution in [0, 0.1) is 0 Å². The second-order valence-electron chi connectivity index (χ2n) is 8.52. The largest absolute Gasteiger partial charge is 0.364 e. The summed E-state index contributed by atoms with van der Waals surface area (Å²) >= 11 is 0. The summed E-state index contributed by atoms with van der Waals surface area (Å²) in [5, 5.41) is 3.20. The van der Waals surface area contributed by atoms with E-state index in [1.54, 1.807) is 10.5 Å². The number of amides is 1. The van der Waals surface area contributed by atoms with Gasteiger partial charge in [0.25, 0.3) is 5.91 Å². The Labute approximate surface area is 189 Å². The topological polar surface area (TPSA) is 122 Å². The summed E-state index contributed by atoms with van der Waals surface area (Å²) in [6.45, 7) is 2.95. The highest BCUT2D eigenvalue weighted by atomic mass is 32.2. The monoisotopic (exact) mass is 458 g/mol. The first kappa shape index (κ1) is 22.5. The molecule has 0 radical (unpaired) electrons. The standard InChI is InChI=1S/C22H30N6O3S/c1-32(30,31)28-13-9-17(10-14-28)16-5-7-18(8-6-16)25-22-20(21(23)29)24-15-19(26-22)27-11-3-2-4-12-27/h5-8,15,17H,2-4,9-14H2,1H3,(H2,23,29)(H,25,26). The molecule has 0 aliphatic carbocycles. The molecule has 0 saturated carbocycles. The van der Waals surface area contributed by atoms with Crippen LogP contribution in [0.2, 0.25) is 0 Å². The third-order valence-corrected chi connectivity index (χ3v) is 7.54. The number of nitrogens with two attached hydrogens (primary N) is 1. The summed E-state index contributed by atoms with van der Waals surface area (Å²) in [6, 6.07) is 7.96. The van der Waals surface area contributed by atoms with Gasteiger partial charge in [-0.1, -0.05) is 12.1 Å². The van der Waals surface area contributed by atoms with Gasteiger partial charge in [-0.25, -0.2) is 22.7 Å². The SMILES string of the molecule is CS(=O)(=O)N1CCC(c2ccc(Nc3nc(N4CCCCC4)cnc3C(N)=O)cc2)CC1. The molecule has 3 heterocycles. The molecule has 2 aliphatic rings. The molecule has 0 bridgehead atoms. The number of sulfonamides is 1. The predicted molar refractivity (Wildman–Crippen MR) is 125 cm³/mol. The van der Waals surface area contributed by atoms with Crippen LogP contribution in [0.15, 0.2) is 30.5 Å². The molecule has 10 heteroatoms. The number of nitrogens with zero attached hydrogens (tertiary/aromatic N) is 4. The number of hydrogen-bond acceptors (Lipinski definition) is 7. The second kappa shape index (κ2) is 9.41. The molecule has 1 aromatic heterocycles. The molecule has 2 aromatic rings. The lowest BCUT2D eigenvalue weighted by Crippen LogP contribution is -2.37. The van der Waals surface area contributed by atoms with Crippen molar-refractivity contribution in [2.45, 2.75) is 38.0 Å². The van der Waals surface area contributed by atoms with E-state index in [1.807, 2.05) is 24.3 Å². The molecule has 2 fully saturated rings. The van der Waals surface area contributed by atoms with Crippen LogP contribution in [0.5, 0.6) is 0 Å². The van der Waals surface area contributed by atoms with Crippen molar-refractivity contribution in [2.24, 2.45) is 5.73 Å². The number of nitrogens with one attached hydrogen (secondary N) is 1. The smallest absolute Gasteiger partial charge is 0.271 e. The molecule has 4 rings (SSSR count). The van der Waals surface area contributed by atoms with Crippen molar-refractivity contribution in [1.82, 2.24) is 14.3 Å². The normalized spacial score (nSPS) is 18.5. The highest BCUT2D eigenvalue weighted by molar-refractivity contribution is 7.88. The molecule has 3 N–H and O–H groups in total. The lowest BCUT2D eigenvalue weighted by Gasteiger charge is -2.30. The number of hydrogen-bond donors (Lipinski definition) is 2. The van der Waals surface area contributed by atoms with Gasteiger partial charge >= 0.3 is 0 Å². The minimum absolute atomic E-state index is 0.114. The lowest BCUT2D eigenvalue weighted by molar-refractivity contribution is 0.0996. The van der Waals surface area contributed by atoms with E-state index < -0.39 is 15.9 Å². The quantitative estimate of drug-likeness (QED) is 0.682. The number of benzene rings is 1. The fourth-order valence-electron chi connectivity index (χ4n) is 4.42. The van der Waals surface area contributed by atoms with Crippen LogP contribution in [-0.4, -0.2) is 61.0 Å². The first-order valence-electron chi connectivity index (χ1n) is 11.0. The predicted octanol–water partition coefficient (Wildman–Crippen LogP) is 2.45. The van der Waals surface area contributed by atoms with Gasteiger partial charge in [-0.2, -0.15) is 0 Å². The summed E-state index contributed by atoms with van der Waals surface area (Å²) in [5.41, 5.74) is 7.59. The molecule has 0 atom stereocenters. The summed E-state index contributed by atoms with van der Waals surface area (Å²) in [7, 11) is -3.13. The van der Waals surface area contributed by atoms with Crippen LogP contribution >= 0.6 is 0 Å².